The van der Waals surface area contributed by atoms with Gasteiger partial charge in [0, 0.05) is 25.0 Å². The Morgan fingerprint density at radius 3 is 2.58 bits per heavy atom. The fourth-order valence-corrected chi connectivity index (χ4v) is 5.53. The van der Waals surface area contributed by atoms with Crippen LogP contribution in [-0.4, -0.2) is 55.4 Å². The third-order valence-electron chi connectivity index (χ3n) is 4.11. The molecule has 1 saturated heterocycles. The highest BCUT2D eigenvalue weighted by molar-refractivity contribution is 7.89. The smallest absolute Gasteiger partial charge is 0.345 e. The largest absolute Gasteiger partial charge is 0.477 e. The van der Waals surface area contributed by atoms with Crippen molar-refractivity contribution in [3.63, 3.8) is 0 Å². The van der Waals surface area contributed by atoms with E-state index in [1.165, 1.54) is 15.8 Å². The van der Waals surface area contributed by atoms with Gasteiger partial charge in [0.15, 0.2) is 0 Å². The van der Waals surface area contributed by atoms with Gasteiger partial charge in [-0.05, 0) is 18.7 Å². The van der Waals surface area contributed by atoms with Crippen LogP contribution in [0.3, 0.4) is 0 Å². The van der Waals surface area contributed by atoms with E-state index in [0.29, 0.717) is 19.6 Å². The zero-order valence-corrected chi connectivity index (χ0v) is 14.8. The molecule has 128 valence electrons. The van der Waals surface area contributed by atoms with Crippen molar-refractivity contribution >= 4 is 27.3 Å². The van der Waals surface area contributed by atoms with E-state index in [2.05, 4.69) is 4.90 Å². The summed E-state index contributed by atoms with van der Waals surface area (Å²) in [5, 5.41) is 10.4. The van der Waals surface area contributed by atoms with Gasteiger partial charge in [0.2, 0.25) is 10.0 Å². The standard InChI is InChI=1S/C16H18N2O4S2/c1-17-7-8-18(14(10-17)12-5-3-2-4-6-12)24(21,22)13-9-15(16(19)20)23-11-13/h2-6,9,11,14H,7-8,10H2,1H3,(H,19,20). The summed E-state index contributed by atoms with van der Waals surface area (Å²) >= 11 is 0.930. The molecule has 0 saturated carbocycles. The van der Waals surface area contributed by atoms with Gasteiger partial charge in [-0.25, -0.2) is 13.2 Å². The molecule has 0 aliphatic carbocycles. The molecule has 3 rings (SSSR count). The number of hydrogen-bond acceptors (Lipinski definition) is 5. The molecule has 1 unspecified atom stereocenters. The molecule has 8 heteroatoms. The summed E-state index contributed by atoms with van der Waals surface area (Å²) in [5.74, 6) is -1.11. The predicted octanol–water partition coefficient (Wildman–Crippen LogP) is 2.12. The van der Waals surface area contributed by atoms with E-state index in [9.17, 15) is 13.2 Å². The van der Waals surface area contributed by atoms with Crippen molar-refractivity contribution in [1.29, 1.82) is 0 Å². The predicted molar refractivity (Wildman–Crippen MR) is 91.9 cm³/mol. The van der Waals surface area contributed by atoms with Crippen LogP contribution in [0.4, 0.5) is 0 Å². The SMILES string of the molecule is CN1CCN(S(=O)(=O)c2csc(C(=O)O)c2)C(c2ccccc2)C1. The number of carboxylic acids is 1. The minimum atomic E-state index is -3.74. The van der Waals surface area contributed by atoms with Gasteiger partial charge < -0.3 is 10.0 Å². The third-order valence-corrected chi connectivity index (χ3v) is 7.06. The maximum Gasteiger partial charge on any atom is 0.345 e. The minimum Gasteiger partial charge on any atom is -0.477 e. The van der Waals surface area contributed by atoms with Crippen LogP contribution in [0.5, 0.6) is 0 Å². The maximum atomic E-state index is 13.0. The van der Waals surface area contributed by atoms with Gasteiger partial charge in [-0.1, -0.05) is 30.3 Å². The third kappa shape index (κ3) is 3.23. The lowest BCUT2D eigenvalue weighted by Crippen LogP contribution is -2.49. The molecular formula is C16H18N2O4S2. The number of carboxylic acid groups (broad SMARTS) is 1. The average Bonchev–Trinajstić information content (AvgIpc) is 3.06. The van der Waals surface area contributed by atoms with E-state index < -0.39 is 16.0 Å². The molecule has 24 heavy (non-hydrogen) atoms. The van der Waals surface area contributed by atoms with Crippen LogP contribution < -0.4 is 0 Å². The van der Waals surface area contributed by atoms with E-state index in [-0.39, 0.29) is 15.8 Å². The second-order valence-corrected chi connectivity index (χ2v) is 8.56. The first-order valence-electron chi connectivity index (χ1n) is 7.47. The highest BCUT2D eigenvalue weighted by Gasteiger charge is 2.36. The zero-order valence-electron chi connectivity index (χ0n) is 13.1. The van der Waals surface area contributed by atoms with E-state index in [1.54, 1.807) is 0 Å². The first kappa shape index (κ1) is 17.1. The summed E-state index contributed by atoms with van der Waals surface area (Å²) < 4.78 is 27.6. The molecule has 1 aliphatic heterocycles. The molecule has 1 aliphatic rings. The van der Waals surface area contributed by atoms with Crippen LogP contribution in [0.2, 0.25) is 0 Å². The normalized spacial score (nSPS) is 20.1. The fourth-order valence-electron chi connectivity index (χ4n) is 2.84. The number of likely N-dealkylation sites (N-methyl/N-ethyl adjacent to an activating group) is 1. The van der Waals surface area contributed by atoms with Crippen molar-refractivity contribution in [2.75, 3.05) is 26.7 Å². The summed E-state index contributed by atoms with van der Waals surface area (Å²) in [6.07, 6.45) is 0. The number of nitrogens with zero attached hydrogens (tertiary/aromatic N) is 2. The molecule has 6 nitrogen and oxygen atoms in total. The lowest BCUT2D eigenvalue weighted by atomic mass is 10.1. The molecule has 0 amide bonds. The highest BCUT2D eigenvalue weighted by Crippen LogP contribution is 2.32. The Hall–Kier alpha value is -1.74. The fraction of sp³-hybridized carbons (Fsp3) is 0.312. The number of benzene rings is 1. The van der Waals surface area contributed by atoms with E-state index >= 15 is 0 Å². The molecule has 1 N–H and O–H groups in total. The molecule has 1 aromatic heterocycles. The molecule has 0 spiro atoms. The molecule has 0 bridgehead atoms. The first-order chi connectivity index (χ1) is 11.4. The molecule has 1 atom stereocenters. The number of aromatic carboxylic acids is 1. The highest BCUT2D eigenvalue weighted by atomic mass is 32.2. The second-order valence-electron chi connectivity index (χ2n) is 5.76. The van der Waals surface area contributed by atoms with Crippen molar-refractivity contribution in [3.05, 3.63) is 52.2 Å². The monoisotopic (exact) mass is 366 g/mol. The van der Waals surface area contributed by atoms with Gasteiger partial charge >= 0.3 is 5.97 Å². The summed E-state index contributed by atoms with van der Waals surface area (Å²) in [5.41, 5.74) is 0.932. The van der Waals surface area contributed by atoms with Gasteiger partial charge in [0.05, 0.1) is 10.9 Å². The van der Waals surface area contributed by atoms with Crippen molar-refractivity contribution in [2.24, 2.45) is 0 Å². The number of sulfonamides is 1. The van der Waals surface area contributed by atoms with E-state index in [1.807, 2.05) is 37.4 Å². The Morgan fingerprint density at radius 1 is 1.25 bits per heavy atom. The molecular weight excluding hydrogens is 348 g/mol. The van der Waals surface area contributed by atoms with Crippen molar-refractivity contribution in [3.8, 4) is 0 Å². The molecule has 1 aromatic carbocycles. The van der Waals surface area contributed by atoms with Crippen molar-refractivity contribution in [1.82, 2.24) is 9.21 Å². The van der Waals surface area contributed by atoms with E-state index in [4.69, 9.17) is 5.11 Å². The summed E-state index contributed by atoms with van der Waals surface area (Å²) in [6, 6.07) is 10.5. The van der Waals surface area contributed by atoms with Gasteiger partial charge in [-0.2, -0.15) is 4.31 Å². The number of rotatable bonds is 4. The van der Waals surface area contributed by atoms with Crippen LogP contribution in [0, 0.1) is 0 Å². The molecule has 1 fully saturated rings. The number of piperazine rings is 1. The minimum absolute atomic E-state index is 0.0268. The van der Waals surface area contributed by atoms with Gasteiger partial charge in [0.25, 0.3) is 0 Å². The van der Waals surface area contributed by atoms with Crippen LogP contribution in [0.25, 0.3) is 0 Å². The maximum absolute atomic E-state index is 13.0. The summed E-state index contributed by atoms with van der Waals surface area (Å²) in [6.45, 7) is 1.61. The van der Waals surface area contributed by atoms with E-state index in [0.717, 1.165) is 16.9 Å². The van der Waals surface area contributed by atoms with Gasteiger partial charge in [-0.3, -0.25) is 0 Å². The average molecular weight is 366 g/mol. The van der Waals surface area contributed by atoms with Crippen molar-refractivity contribution in [2.45, 2.75) is 10.9 Å². The van der Waals surface area contributed by atoms with Gasteiger partial charge in [0.1, 0.15) is 4.88 Å². The lowest BCUT2D eigenvalue weighted by molar-refractivity contribution is 0.0702. The summed E-state index contributed by atoms with van der Waals surface area (Å²) in [7, 11) is -1.78. The molecule has 2 heterocycles. The summed E-state index contributed by atoms with van der Waals surface area (Å²) in [4.78, 5) is 13.2. The number of hydrogen-bond donors (Lipinski definition) is 1. The van der Waals surface area contributed by atoms with Crippen LogP contribution in [0.1, 0.15) is 21.3 Å². The van der Waals surface area contributed by atoms with Crippen molar-refractivity contribution < 1.29 is 18.3 Å². The number of carbonyl (C=O) groups is 1. The topological polar surface area (TPSA) is 77.9 Å². The Balaban J connectivity index is 1.98. The Morgan fingerprint density at radius 2 is 1.96 bits per heavy atom. The Bertz CT molecular complexity index is 833. The number of thiophene rings is 1. The van der Waals surface area contributed by atoms with Gasteiger partial charge in [-0.15, -0.1) is 11.3 Å². The van der Waals surface area contributed by atoms with Crippen LogP contribution in [-0.2, 0) is 10.0 Å². The van der Waals surface area contributed by atoms with Crippen LogP contribution in [0.15, 0.2) is 46.7 Å². The van der Waals surface area contributed by atoms with Crippen LogP contribution >= 0.6 is 11.3 Å². The Kier molecular flexibility index (Phi) is 4.73. The Labute approximate surface area is 145 Å². The first-order valence-corrected chi connectivity index (χ1v) is 9.79. The molecule has 0 radical (unpaired) electrons. The lowest BCUT2D eigenvalue weighted by Gasteiger charge is -2.39. The molecule has 2 aromatic rings. The second kappa shape index (κ2) is 6.64. The quantitative estimate of drug-likeness (QED) is 0.897. The zero-order chi connectivity index (χ0) is 17.3.